The molecule has 2 rings (SSSR count). The highest BCUT2D eigenvalue weighted by Gasteiger charge is 2.36. The Bertz CT molecular complexity index is 1150. The Labute approximate surface area is 210 Å². The van der Waals surface area contributed by atoms with Gasteiger partial charge >= 0.3 is 6.09 Å². The van der Waals surface area contributed by atoms with Gasteiger partial charge in [0, 0.05) is 11.6 Å². The fourth-order valence-electron chi connectivity index (χ4n) is 3.30. The predicted octanol–water partition coefficient (Wildman–Crippen LogP) is 4.67. The average Bonchev–Trinajstić information content (AvgIpc) is 2.75. The first-order valence-electron chi connectivity index (χ1n) is 10.9. The standard InChI is InChI=1S/C26H30ClN3O5/c1-8-30(24(33)17(4)28-25(34)35-26(5,6)7)21(18-13-9-12-16(3)22(18)31)23(32)29-20-15(2)11-10-14-19(20)27/h1,9-14,17,21,31H,2-7H3,(H,28,34)(H,29,32). The summed E-state index contributed by atoms with van der Waals surface area (Å²) >= 11 is 6.27. The Balaban J connectivity index is 2.47. The molecule has 0 spiro atoms. The van der Waals surface area contributed by atoms with E-state index in [2.05, 4.69) is 16.7 Å². The minimum atomic E-state index is -1.43. The topological polar surface area (TPSA) is 108 Å². The number of hydrogen-bond acceptors (Lipinski definition) is 5. The highest BCUT2D eigenvalue weighted by Crippen LogP contribution is 2.34. The monoisotopic (exact) mass is 499 g/mol. The van der Waals surface area contributed by atoms with E-state index in [0.717, 1.165) is 4.90 Å². The van der Waals surface area contributed by atoms with Gasteiger partial charge in [-0.15, -0.1) is 0 Å². The number of phenolic OH excluding ortho intramolecular Hbond substituents is 1. The lowest BCUT2D eigenvalue weighted by Crippen LogP contribution is -2.49. The van der Waals surface area contributed by atoms with Crippen LogP contribution in [0.15, 0.2) is 36.4 Å². The number of terminal acetylenes is 1. The fourth-order valence-corrected chi connectivity index (χ4v) is 3.57. The number of alkyl carbamates (subject to hydrolysis) is 1. The highest BCUT2D eigenvalue weighted by atomic mass is 35.5. The molecular formula is C26H30ClN3O5. The van der Waals surface area contributed by atoms with Gasteiger partial charge in [0.2, 0.25) is 0 Å². The van der Waals surface area contributed by atoms with Crippen LogP contribution < -0.4 is 10.6 Å². The lowest BCUT2D eigenvalue weighted by atomic mass is 9.99. The number of benzene rings is 2. The Morgan fingerprint density at radius 3 is 2.29 bits per heavy atom. The third-order valence-corrected chi connectivity index (χ3v) is 5.34. The first-order chi connectivity index (χ1) is 16.3. The van der Waals surface area contributed by atoms with Crippen LogP contribution in [0.2, 0.25) is 5.02 Å². The molecule has 0 fully saturated rings. The van der Waals surface area contributed by atoms with Crippen molar-refractivity contribution >= 4 is 35.2 Å². The number of phenols is 1. The minimum absolute atomic E-state index is 0.114. The number of amides is 3. The smallest absolute Gasteiger partial charge is 0.408 e. The van der Waals surface area contributed by atoms with Crippen LogP contribution in [0.3, 0.4) is 0 Å². The third-order valence-electron chi connectivity index (χ3n) is 5.02. The maximum atomic E-state index is 13.5. The van der Waals surface area contributed by atoms with Gasteiger partial charge in [0.1, 0.15) is 17.4 Å². The summed E-state index contributed by atoms with van der Waals surface area (Å²) in [7, 11) is 0. The first-order valence-corrected chi connectivity index (χ1v) is 11.3. The summed E-state index contributed by atoms with van der Waals surface area (Å²) in [6.07, 6.45) is 4.87. The lowest BCUT2D eigenvalue weighted by Gasteiger charge is -2.30. The van der Waals surface area contributed by atoms with E-state index in [4.69, 9.17) is 22.8 Å². The van der Waals surface area contributed by atoms with Gasteiger partial charge < -0.3 is 20.5 Å². The molecule has 8 nitrogen and oxygen atoms in total. The van der Waals surface area contributed by atoms with Gasteiger partial charge in [-0.25, -0.2) is 4.79 Å². The molecule has 0 aliphatic heterocycles. The van der Waals surface area contributed by atoms with Gasteiger partial charge in [-0.05, 0) is 58.7 Å². The highest BCUT2D eigenvalue weighted by molar-refractivity contribution is 6.34. The zero-order chi connectivity index (χ0) is 26.5. The molecule has 2 atom stereocenters. The van der Waals surface area contributed by atoms with E-state index in [-0.39, 0.29) is 11.3 Å². The van der Waals surface area contributed by atoms with Crippen LogP contribution in [0.4, 0.5) is 10.5 Å². The van der Waals surface area contributed by atoms with Crippen molar-refractivity contribution in [2.75, 3.05) is 5.32 Å². The number of halogens is 1. The normalized spacial score (nSPS) is 12.6. The molecule has 35 heavy (non-hydrogen) atoms. The summed E-state index contributed by atoms with van der Waals surface area (Å²) in [5, 5.41) is 16.2. The van der Waals surface area contributed by atoms with Gasteiger partial charge in [-0.1, -0.05) is 48.4 Å². The number of ether oxygens (including phenoxy) is 1. The molecule has 9 heteroatoms. The number of hydrogen-bond donors (Lipinski definition) is 3. The van der Waals surface area contributed by atoms with Crippen molar-refractivity contribution in [3.8, 4) is 18.2 Å². The zero-order valence-corrected chi connectivity index (χ0v) is 21.4. The summed E-state index contributed by atoms with van der Waals surface area (Å²) in [6, 6.07) is 9.56. The van der Waals surface area contributed by atoms with Crippen LogP contribution in [-0.2, 0) is 14.3 Å². The van der Waals surface area contributed by atoms with Crippen LogP contribution in [0, 0.1) is 26.3 Å². The molecule has 0 saturated heterocycles. The molecule has 0 radical (unpaired) electrons. The van der Waals surface area contributed by atoms with E-state index in [1.54, 1.807) is 65.0 Å². The molecule has 0 saturated carbocycles. The number of rotatable bonds is 6. The molecule has 0 aromatic heterocycles. The maximum Gasteiger partial charge on any atom is 0.408 e. The number of aromatic hydroxyl groups is 1. The molecule has 2 aromatic carbocycles. The van der Waals surface area contributed by atoms with Crippen molar-refractivity contribution in [2.24, 2.45) is 0 Å². The number of aryl methyl sites for hydroxylation is 2. The molecular weight excluding hydrogens is 470 g/mol. The Hall–Kier alpha value is -3.70. The molecule has 0 heterocycles. The zero-order valence-electron chi connectivity index (χ0n) is 20.6. The van der Waals surface area contributed by atoms with E-state index in [1.165, 1.54) is 13.0 Å². The Kier molecular flexibility index (Phi) is 8.77. The summed E-state index contributed by atoms with van der Waals surface area (Å²) in [6.45, 7) is 9.89. The van der Waals surface area contributed by atoms with E-state index in [9.17, 15) is 19.5 Å². The molecule has 0 bridgehead atoms. The number of nitrogens with one attached hydrogen (secondary N) is 2. The van der Waals surface area contributed by atoms with Crippen molar-refractivity contribution in [3.05, 3.63) is 58.1 Å². The molecule has 2 aromatic rings. The third kappa shape index (κ3) is 6.90. The molecule has 186 valence electrons. The number of nitrogens with zero attached hydrogens (tertiary/aromatic N) is 1. The van der Waals surface area contributed by atoms with Crippen LogP contribution in [-0.4, -0.2) is 39.6 Å². The number of para-hydroxylation sites is 2. The molecule has 3 N–H and O–H groups in total. The lowest BCUT2D eigenvalue weighted by molar-refractivity contribution is -0.136. The van der Waals surface area contributed by atoms with Crippen LogP contribution in [0.25, 0.3) is 0 Å². The quantitative estimate of drug-likeness (QED) is 0.395. The predicted molar refractivity (Wildman–Crippen MR) is 135 cm³/mol. The van der Waals surface area contributed by atoms with Crippen molar-refractivity contribution in [2.45, 2.75) is 59.2 Å². The Morgan fingerprint density at radius 1 is 1.11 bits per heavy atom. The number of carbonyl (C=O) groups is 3. The summed E-state index contributed by atoms with van der Waals surface area (Å²) in [5.41, 5.74) is 0.861. The minimum Gasteiger partial charge on any atom is -0.507 e. The SMILES string of the molecule is C#CN(C(=O)C(C)NC(=O)OC(C)(C)C)C(C(=O)Nc1c(C)cccc1Cl)c1cccc(C)c1O. The van der Waals surface area contributed by atoms with Crippen molar-refractivity contribution < 1.29 is 24.2 Å². The van der Waals surface area contributed by atoms with Gasteiger partial charge in [0.05, 0.1) is 10.7 Å². The fraction of sp³-hybridized carbons (Fsp3) is 0.346. The van der Waals surface area contributed by atoms with Gasteiger partial charge in [0.25, 0.3) is 11.8 Å². The van der Waals surface area contributed by atoms with Crippen molar-refractivity contribution in [1.29, 1.82) is 0 Å². The second-order valence-electron chi connectivity index (χ2n) is 9.04. The van der Waals surface area contributed by atoms with Crippen LogP contribution in [0.5, 0.6) is 5.75 Å². The largest absolute Gasteiger partial charge is 0.507 e. The average molecular weight is 500 g/mol. The molecule has 0 aliphatic carbocycles. The second-order valence-corrected chi connectivity index (χ2v) is 9.45. The van der Waals surface area contributed by atoms with Gasteiger partial charge in [-0.3, -0.25) is 14.5 Å². The summed E-state index contributed by atoms with van der Waals surface area (Å²) < 4.78 is 5.20. The Morgan fingerprint density at radius 2 is 1.71 bits per heavy atom. The van der Waals surface area contributed by atoms with E-state index in [1.807, 2.05) is 0 Å². The van der Waals surface area contributed by atoms with Crippen LogP contribution in [0.1, 0.15) is 50.4 Å². The van der Waals surface area contributed by atoms with Crippen molar-refractivity contribution in [3.63, 3.8) is 0 Å². The van der Waals surface area contributed by atoms with E-state index < -0.39 is 35.6 Å². The van der Waals surface area contributed by atoms with Crippen LogP contribution >= 0.6 is 11.6 Å². The van der Waals surface area contributed by atoms with Crippen molar-refractivity contribution in [1.82, 2.24) is 10.2 Å². The maximum absolute atomic E-state index is 13.5. The van der Waals surface area contributed by atoms with E-state index in [0.29, 0.717) is 21.8 Å². The number of anilines is 1. The van der Waals surface area contributed by atoms with Gasteiger partial charge in [0.15, 0.2) is 6.04 Å². The van der Waals surface area contributed by atoms with Gasteiger partial charge in [-0.2, -0.15) is 0 Å². The molecule has 3 amide bonds. The summed E-state index contributed by atoms with van der Waals surface area (Å²) in [5.74, 6) is -1.64. The van der Waals surface area contributed by atoms with E-state index >= 15 is 0 Å². The second kappa shape index (κ2) is 11.2. The first kappa shape index (κ1) is 27.5. The molecule has 0 aliphatic rings. The summed E-state index contributed by atoms with van der Waals surface area (Å²) in [4.78, 5) is 39.9. The number of carbonyl (C=O) groups excluding carboxylic acids is 3. The molecule has 2 unspecified atom stereocenters.